The number of pyridine rings is 1. The number of carbonyl (C=O) groups excluding carboxylic acids is 1. The normalized spacial score (nSPS) is 11.3. The highest BCUT2D eigenvalue weighted by Gasteiger charge is 2.23. The van der Waals surface area contributed by atoms with Crippen molar-refractivity contribution in [2.75, 3.05) is 18.4 Å². The van der Waals surface area contributed by atoms with E-state index in [-0.39, 0.29) is 16.1 Å². The van der Waals surface area contributed by atoms with Gasteiger partial charge in [-0.05, 0) is 31.2 Å². The smallest absolute Gasteiger partial charge is 0.340 e. The largest absolute Gasteiger partial charge is 0.492 e. The molecule has 1 N–H and O–H groups in total. The molecule has 2 aromatic heterocycles. The Balaban J connectivity index is 2.07. The zero-order valence-corrected chi connectivity index (χ0v) is 15.7. The molecule has 0 amide bonds. The zero-order valence-electron chi connectivity index (χ0n) is 14.1. The summed E-state index contributed by atoms with van der Waals surface area (Å²) in [4.78, 5) is 16.1. The van der Waals surface area contributed by atoms with E-state index in [9.17, 15) is 13.2 Å². The van der Waals surface area contributed by atoms with Crippen molar-refractivity contribution in [3.8, 4) is 5.75 Å². The molecular weight excluding hydrogens is 376 g/mol. The molecule has 1 aromatic carbocycles. The first-order chi connectivity index (χ1) is 12.5. The van der Waals surface area contributed by atoms with Gasteiger partial charge >= 0.3 is 5.97 Å². The van der Waals surface area contributed by atoms with Gasteiger partial charge in [0.15, 0.2) is 0 Å². The standard InChI is InChI=1S/C17H16N2O5S2/c1-3-24-14-6-7-15(11-5-4-8-18-16(11)14)26(21,22)19-13-10-25-9-12(13)17(20)23-2/h4-10,19H,3H2,1-2H3. The first kappa shape index (κ1) is 18.2. The number of thiophene rings is 1. The number of benzene rings is 1. The summed E-state index contributed by atoms with van der Waals surface area (Å²) in [7, 11) is -2.71. The highest BCUT2D eigenvalue weighted by atomic mass is 32.2. The minimum atomic E-state index is -3.95. The molecule has 0 radical (unpaired) electrons. The van der Waals surface area contributed by atoms with E-state index in [2.05, 4.69) is 14.4 Å². The number of sulfonamides is 1. The van der Waals surface area contributed by atoms with Crippen LogP contribution in [0.1, 0.15) is 17.3 Å². The van der Waals surface area contributed by atoms with Crippen LogP contribution in [0.15, 0.2) is 46.1 Å². The van der Waals surface area contributed by atoms with Crippen LogP contribution < -0.4 is 9.46 Å². The molecule has 26 heavy (non-hydrogen) atoms. The monoisotopic (exact) mass is 392 g/mol. The third kappa shape index (κ3) is 3.35. The lowest BCUT2D eigenvalue weighted by Crippen LogP contribution is -2.15. The van der Waals surface area contributed by atoms with E-state index in [0.717, 1.165) is 0 Å². The summed E-state index contributed by atoms with van der Waals surface area (Å²) in [6.07, 6.45) is 1.57. The van der Waals surface area contributed by atoms with Crippen LogP contribution in [0.3, 0.4) is 0 Å². The van der Waals surface area contributed by atoms with Crippen LogP contribution in [0.25, 0.3) is 10.9 Å². The molecule has 9 heteroatoms. The molecule has 3 aromatic rings. The zero-order chi connectivity index (χ0) is 18.7. The van der Waals surface area contributed by atoms with Gasteiger partial charge in [0.25, 0.3) is 10.0 Å². The van der Waals surface area contributed by atoms with Crippen molar-refractivity contribution >= 4 is 43.9 Å². The predicted molar refractivity (Wildman–Crippen MR) is 99.4 cm³/mol. The molecule has 0 aliphatic rings. The number of nitrogens with zero attached hydrogens (tertiary/aromatic N) is 1. The topological polar surface area (TPSA) is 94.6 Å². The second-order valence-electron chi connectivity index (χ2n) is 5.19. The average molecular weight is 392 g/mol. The molecule has 3 rings (SSSR count). The van der Waals surface area contributed by atoms with Gasteiger partial charge in [-0.15, -0.1) is 11.3 Å². The lowest BCUT2D eigenvalue weighted by Gasteiger charge is -2.13. The van der Waals surface area contributed by atoms with Gasteiger partial charge < -0.3 is 9.47 Å². The Morgan fingerprint density at radius 2 is 2.08 bits per heavy atom. The molecule has 0 aliphatic heterocycles. The fourth-order valence-corrected chi connectivity index (χ4v) is 4.56. The fourth-order valence-electron chi connectivity index (χ4n) is 2.47. The van der Waals surface area contributed by atoms with E-state index in [4.69, 9.17) is 4.74 Å². The molecule has 0 bridgehead atoms. The molecule has 0 unspecified atom stereocenters. The van der Waals surface area contributed by atoms with Gasteiger partial charge in [0.1, 0.15) is 11.3 Å². The quantitative estimate of drug-likeness (QED) is 0.647. The van der Waals surface area contributed by atoms with Crippen molar-refractivity contribution in [3.63, 3.8) is 0 Å². The molecule has 0 atom stereocenters. The Kier molecular flexibility index (Phi) is 5.10. The lowest BCUT2D eigenvalue weighted by molar-refractivity contribution is 0.0602. The molecular formula is C17H16N2O5S2. The van der Waals surface area contributed by atoms with Crippen LogP contribution in [0.4, 0.5) is 5.69 Å². The number of carbonyl (C=O) groups is 1. The molecule has 7 nitrogen and oxygen atoms in total. The van der Waals surface area contributed by atoms with E-state index in [0.29, 0.717) is 23.3 Å². The number of fused-ring (bicyclic) bond motifs is 1. The SMILES string of the molecule is CCOc1ccc(S(=O)(=O)Nc2cscc2C(=O)OC)c2cccnc12. The van der Waals surface area contributed by atoms with Crippen LogP contribution in [-0.2, 0) is 14.8 Å². The first-order valence-electron chi connectivity index (χ1n) is 7.65. The molecule has 136 valence electrons. The number of hydrogen-bond acceptors (Lipinski definition) is 7. The van der Waals surface area contributed by atoms with E-state index >= 15 is 0 Å². The van der Waals surface area contributed by atoms with Crippen molar-refractivity contribution in [1.82, 2.24) is 4.98 Å². The number of rotatable bonds is 6. The fraction of sp³-hybridized carbons (Fsp3) is 0.176. The number of methoxy groups -OCH3 is 1. The molecule has 0 aliphatic carbocycles. The Hall–Kier alpha value is -2.65. The van der Waals surface area contributed by atoms with Gasteiger partial charge in [-0.25, -0.2) is 13.2 Å². The number of anilines is 1. The predicted octanol–water partition coefficient (Wildman–Crippen LogP) is 3.28. The summed E-state index contributed by atoms with van der Waals surface area (Å²) < 4.78 is 38.5. The Morgan fingerprint density at radius 1 is 1.27 bits per heavy atom. The van der Waals surface area contributed by atoms with Gasteiger partial charge in [0.2, 0.25) is 0 Å². The summed E-state index contributed by atoms with van der Waals surface area (Å²) in [5.74, 6) is -0.102. The lowest BCUT2D eigenvalue weighted by atomic mass is 10.2. The van der Waals surface area contributed by atoms with Gasteiger partial charge in [0.05, 0.1) is 29.9 Å². The van der Waals surface area contributed by atoms with E-state index in [1.165, 1.54) is 29.9 Å². The number of aromatic nitrogens is 1. The van der Waals surface area contributed by atoms with E-state index in [1.54, 1.807) is 29.8 Å². The summed E-state index contributed by atoms with van der Waals surface area (Å²) in [5, 5.41) is 3.50. The minimum Gasteiger partial charge on any atom is -0.492 e. The molecule has 0 fully saturated rings. The number of esters is 1. The molecule has 0 saturated carbocycles. The Labute approximate surface area is 154 Å². The minimum absolute atomic E-state index is 0.0473. The maximum absolute atomic E-state index is 12.9. The van der Waals surface area contributed by atoms with Crippen molar-refractivity contribution in [2.45, 2.75) is 11.8 Å². The third-order valence-electron chi connectivity index (χ3n) is 3.59. The maximum atomic E-state index is 12.9. The van der Waals surface area contributed by atoms with Crippen molar-refractivity contribution in [3.05, 3.63) is 46.8 Å². The van der Waals surface area contributed by atoms with Gasteiger partial charge in [0, 0.05) is 22.3 Å². The second-order valence-corrected chi connectivity index (χ2v) is 7.59. The van der Waals surface area contributed by atoms with Crippen LogP contribution in [0.2, 0.25) is 0 Å². The Morgan fingerprint density at radius 3 is 2.81 bits per heavy atom. The molecule has 0 saturated heterocycles. The number of hydrogen-bond donors (Lipinski definition) is 1. The summed E-state index contributed by atoms with van der Waals surface area (Å²) in [6.45, 7) is 2.28. The molecule has 2 heterocycles. The third-order valence-corrected chi connectivity index (χ3v) is 5.76. The second kappa shape index (κ2) is 7.30. The summed E-state index contributed by atoms with van der Waals surface area (Å²) in [5.41, 5.74) is 0.790. The van der Waals surface area contributed by atoms with E-state index in [1.807, 2.05) is 6.92 Å². The van der Waals surface area contributed by atoms with Crippen molar-refractivity contribution < 1.29 is 22.7 Å². The first-order valence-corrected chi connectivity index (χ1v) is 10.1. The maximum Gasteiger partial charge on any atom is 0.340 e. The Bertz CT molecular complexity index is 1060. The van der Waals surface area contributed by atoms with Crippen LogP contribution in [0, 0.1) is 0 Å². The highest BCUT2D eigenvalue weighted by molar-refractivity contribution is 7.93. The number of ether oxygens (including phenoxy) is 2. The van der Waals surface area contributed by atoms with Gasteiger partial charge in [-0.1, -0.05) is 0 Å². The average Bonchev–Trinajstić information content (AvgIpc) is 3.08. The van der Waals surface area contributed by atoms with Crippen molar-refractivity contribution in [1.29, 1.82) is 0 Å². The molecule has 0 spiro atoms. The van der Waals surface area contributed by atoms with Gasteiger partial charge in [-0.3, -0.25) is 9.71 Å². The summed E-state index contributed by atoms with van der Waals surface area (Å²) >= 11 is 1.20. The highest BCUT2D eigenvalue weighted by Crippen LogP contribution is 2.31. The van der Waals surface area contributed by atoms with Crippen molar-refractivity contribution in [2.24, 2.45) is 0 Å². The van der Waals surface area contributed by atoms with Crippen LogP contribution in [-0.4, -0.2) is 33.1 Å². The van der Waals surface area contributed by atoms with Crippen LogP contribution >= 0.6 is 11.3 Å². The van der Waals surface area contributed by atoms with E-state index < -0.39 is 16.0 Å². The van der Waals surface area contributed by atoms with Gasteiger partial charge in [-0.2, -0.15) is 0 Å². The number of nitrogens with one attached hydrogen (secondary N) is 1. The van der Waals surface area contributed by atoms with Crippen LogP contribution in [0.5, 0.6) is 5.75 Å². The summed E-state index contributed by atoms with van der Waals surface area (Å²) in [6, 6.07) is 6.35.